The minimum absolute atomic E-state index is 0.0235. The summed E-state index contributed by atoms with van der Waals surface area (Å²) in [6.07, 6.45) is 8.53. The van der Waals surface area contributed by atoms with Gasteiger partial charge >= 0.3 is 6.11 Å². The van der Waals surface area contributed by atoms with Crippen molar-refractivity contribution in [1.29, 1.82) is 0 Å². The molecule has 0 amide bonds. The third-order valence-corrected chi connectivity index (χ3v) is 12.1. The molecule has 4 fully saturated rings. The van der Waals surface area contributed by atoms with E-state index in [1.54, 1.807) is 0 Å². The van der Waals surface area contributed by atoms with Gasteiger partial charge in [-0.25, -0.2) is 0 Å². The van der Waals surface area contributed by atoms with E-state index in [0.717, 1.165) is 39.2 Å². The van der Waals surface area contributed by atoms with E-state index < -0.39 is 22.5 Å². The number of aliphatic hydroxyl groups is 1. The Morgan fingerprint density at radius 1 is 1.00 bits per heavy atom. The standard InChI is InChI=1S/C32H44F2O2/c1-9-14-29-17-12-24(23(4)5)26(29,6)18-20-30(15-10-2)25(29)13-16-28(11-3)22-31(35,32(33,34)36-8)21-19-27(28,30)7/h11,14-15,24-25,35H,1-4,12-13,16-22H2,5-8H3/t24-,25+,26-,27+,28+,29+,30+,31-/m1/s1. The van der Waals surface area contributed by atoms with Gasteiger partial charge in [-0.1, -0.05) is 45.2 Å². The third-order valence-electron chi connectivity index (χ3n) is 12.1. The maximum Gasteiger partial charge on any atom is 0.384 e. The van der Waals surface area contributed by atoms with Gasteiger partial charge in [0.05, 0.1) is 0 Å². The van der Waals surface area contributed by atoms with Gasteiger partial charge in [-0.3, -0.25) is 0 Å². The highest BCUT2D eigenvalue weighted by atomic mass is 19.3. The number of ether oxygens (including phenoxy) is 1. The molecular formula is C32H44F2O2. The summed E-state index contributed by atoms with van der Waals surface area (Å²) < 4.78 is 34.4. The van der Waals surface area contributed by atoms with Crippen molar-refractivity contribution in [2.45, 2.75) is 90.3 Å². The molecule has 4 aliphatic rings. The Morgan fingerprint density at radius 2 is 1.64 bits per heavy atom. The number of fused-ring (bicyclic) bond motifs is 5. The van der Waals surface area contributed by atoms with Gasteiger partial charge in [0.2, 0.25) is 0 Å². The normalized spacial score (nSPS) is 47.9. The molecule has 1 N–H and O–H groups in total. The molecule has 0 heterocycles. The summed E-state index contributed by atoms with van der Waals surface area (Å²) >= 11 is 0. The second-order valence-electron chi connectivity index (χ2n) is 12.8. The number of hydrogen-bond acceptors (Lipinski definition) is 2. The number of methoxy groups -OCH3 is 1. The SMILES string of the molecule is C=C=C[C@]12CC[C@]3(C)[C@@H](C(=C)C)CC[C@@]3(C=C=C)[C@@H]1CC[C@@]1(C=C)C[C@@](O)(C(F)(F)OC)CC[C@@]12C. The van der Waals surface area contributed by atoms with Crippen LogP contribution in [-0.4, -0.2) is 23.9 Å². The van der Waals surface area contributed by atoms with Crippen molar-refractivity contribution in [3.63, 3.8) is 0 Å². The molecule has 0 spiro atoms. The van der Waals surface area contributed by atoms with Crippen LogP contribution in [0.5, 0.6) is 0 Å². The van der Waals surface area contributed by atoms with Gasteiger partial charge in [-0.05, 0) is 105 Å². The lowest BCUT2D eigenvalue weighted by molar-refractivity contribution is -0.349. The smallest absolute Gasteiger partial charge is 0.381 e. The van der Waals surface area contributed by atoms with Gasteiger partial charge in [-0.2, -0.15) is 8.78 Å². The van der Waals surface area contributed by atoms with Gasteiger partial charge in [0.1, 0.15) is 0 Å². The predicted molar refractivity (Wildman–Crippen MR) is 141 cm³/mol. The number of halogens is 2. The van der Waals surface area contributed by atoms with E-state index in [9.17, 15) is 13.9 Å². The molecule has 0 aromatic rings. The van der Waals surface area contributed by atoms with Crippen LogP contribution >= 0.6 is 0 Å². The molecule has 4 heteroatoms. The Hall–Kier alpha value is -1.70. The molecular weight excluding hydrogens is 454 g/mol. The summed E-state index contributed by atoms with van der Waals surface area (Å²) in [6, 6.07) is 0. The van der Waals surface area contributed by atoms with E-state index in [1.165, 1.54) is 5.57 Å². The molecule has 0 unspecified atom stereocenters. The first-order valence-electron chi connectivity index (χ1n) is 13.4. The zero-order valence-corrected chi connectivity index (χ0v) is 22.7. The molecule has 0 aromatic heterocycles. The zero-order chi connectivity index (χ0) is 26.8. The van der Waals surface area contributed by atoms with Crippen LogP contribution in [0, 0.1) is 38.9 Å². The van der Waals surface area contributed by atoms with Crippen molar-refractivity contribution < 1.29 is 18.6 Å². The molecule has 4 aliphatic carbocycles. The number of hydrogen-bond donors (Lipinski definition) is 1. The van der Waals surface area contributed by atoms with Gasteiger partial charge in [0.15, 0.2) is 5.60 Å². The predicted octanol–water partition coefficient (Wildman–Crippen LogP) is 8.17. The van der Waals surface area contributed by atoms with Crippen LogP contribution in [0.15, 0.2) is 61.6 Å². The maximum absolute atomic E-state index is 14.9. The highest BCUT2D eigenvalue weighted by Gasteiger charge is 2.76. The van der Waals surface area contributed by atoms with Crippen molar-refractivity contribution in [1.82, 2.24) is 0 Å². The highest BCUT2D eigenvalue weighted by Crippen LogP contribution is 2.81. The Morgan fingerprint density at radius 3 is 2.19 bits per heavy atom. The Balaban J connectivity index is 1.93. The van der Waals surface area contributed by atoms with Crippen LogP contribution in [0.25, 0.3) is 0 Å². The topological polar surface area (TPSA) is 29.5 Å². The van der Waals surface area contributed by atoms with Crippen molar-refractivity contribution in [3.05, 3.63) is 61.6 Å². The van der Waals surface area contributed by atoms with Gasteiger partial charge in [0, 0.05) is 17.9 Å². The second kappa shape index (κ2) is 8.40. The van der Waals surface area contributed by atoms with Crippen LogP contribution in [0.4, 0.5) is 8.78 Å². The van der Waals surface area contributed by atoms with Gasteiger partial charge in [-0.15, -0.1) is 18.0 Å². The molecule has 0 aliphatic heterocycles. The maximum atomic E-state index is 14.9. The van der Waals surface area contributed by atoms with Crippen LogP contribution < -0.4 is 0 Å². The summed E-state index contributed by atoms with van der Waals surface area (Å²) in [5, 5.41) is 11.3. The number of rotatable bonds is 6. The summed E-state index contributed by atoms with van der Waals surface area (Å²) in [5.74, 6) is 0.673. The van der Waals surface area contributed by atoms with Crippen LogP contribution in [0.3, 0.4) is 0 Å². The molecule has 0 bridgehead atoms. The van der Waals surface area contributed by atoms with Gasteiger partial charge in [0.25, 0.3) is 0 Å². The lowest BCUT2D eigenvalue weighted by Gasteiger charge is -2.73. The van der Waals surface area contributed by atoms with Gasteiger partial charge < -0.3 is 9.84 Å². The van der Waals surface area contributed by atoms with Crippen molar-refractivity contribution in [2.24, 2.45) is 38.9 Å². The molecule has 8 atom stereocenters. The molecule has 198 valence electrons. The van der Waals surface area contributed by atoms with E-state index in [4.69, 9.17) is 0 Å². The minimum atomic E-state index is -3.62. The zero-order valence-electron chi connectivity index (χ0n) is 22.7. The Kier molecular flexibility index (Phi) is 6.38. The first kappa shape index (κ1) is 27.3. The molecule has 36 heavy (non-hydrogen) atoms. The van der Waals surface area contributed by atoms with Crippen LogP contribution in [0.1, 0.15) is 78.6 Å². The fraction of sp³-hybridized carbons (Fsp3) is 0.688. The fourth-order valence-corrected chi connectivity index (χ4v) is 10.2. The van der Waals surface area contributed by atoms with E-state index in [2.05, 4.69) is 75.4 Å². The van der Waals surface area contributed by atoms with Crippen molar-refractivity contribution >= 4 is 0 Å². The molecule has 0 saturated heterocycles. The molecule has 0 aromatic carbocycles. The molecule has 2 nitrogen and oxygen atoms in total. The summed E-state index contributed by atoms with van der Waals surface area (Å²) in [5.41, 5.74) is 3.83. The number of alkyl halides is 2. The quantitative estimate of drug-likeness (QED) is 0.296. The van der Waals surface area contributed by atoms with Crippen molar-refractivity contribution in [3.8, 4) is 0 Å². The van der Waals surface area contributed by atoms with Crippen molar-refractivity contribution in [2.75, 3.05) is 7.11 Å². The first-order valence-corrected chi connectivity index (χ1v) is 13.4. The monoisotopic (exact) mass is 498 g/mol. The second-order valence-corrected chi connectivity index (χ2v) is 12.8. The lowest BCUT2D eigenvalue weighted by atomic mass is 9.30. The minimum Gasteiger partial charge on any atom is -0.381 e. The van der Waals surface area contributed by atoms with Crippen LogP contribution in [-0.2, 0) is 4.74 Å². The van der Waals surface area contributed by atoms with E-state index >= 15 is 0 Å². The summed E-state index contributed by atoms with van der Waals surface area (Å²) in [4.78, 5) is 0. The average molecular weight is 499 g/mol. The molecule has 0 radical (unpaired) electrons. The summed E-state index contributed by atoms with van der Waals surface area (Å²) in [7, 11) is 0.969. The first-order chi connectivity index (χ1) is 16.7. The fourth-order valence-electron chi connectivity index (χ4n) is 10.2. The number of allylic oxidation sites excluding steroid dienone is 4. The van der Waals surface area contributed by atoms with E-state index in [0.29, 0.717) is 18.8 Å². The lowest BCUT2D eigenvalue weighted by Crippen LogP contribution is -2.69. The van der Waals surface area contributed by atoms with E-state index in [1.807, 2.05) is 6.08 Å². The van der Waals surface area contributed by atoms with Crippen LogP contribution in [0.2, 0.25) is 0 Å². The molecule has 4 rings (SSSR count). The largest absolute Gasteiger partial charge is 0.384 e. The highest BCUT2D eigenvalue weighted by molar-refractivity contribution is 5.34. The molecule has 4 saturated carbocycles. The van der Waals surface area contributed by atoms with E-state index in [-0.39, 0.29) is 35.0 Å². The summed E-state index contributed by atoms with van der Waals surface area (Å²) in [6.45, 7) is 23.4. The Bertz CT molecular complexity index is 1050. The third kappa shape index (κ3) is 3.02. The average Bonchev–Trinajstić information content (AvgIpc) is 3.13. The Labute approximate surface area is 216 Å².